The third-order valence-corrected chi connectivity index (χ3v) is 4.32. The van der Waals surface area contributed by atoms with Crippen molar-refractivity contribution >= 4 is 17.5 Å². The van der Waals surface area contributed by atoms with Gasteiger partial charge < -0.3 is 5.32 Å². The predicted octanol–water partition coefficient (Wildman–Crippen LogP) is 3.47. The summed E-state index contributed by atoms with van der Waals surface area (Å²) >= 11 is 6.02. The van der Waals surface area contributed by atoms with Gasteiger partial charge in [-0.1, -0.05) is 37.1 Å². The number of carbonyl (C=O) groups excluding carboxylic acids is 1. The number of nitrogens with one attached hydrogen (secondary N) is 1. The molecule has 0 aromatic heterocycles. The molecule has 116 valence electrons. The summed E-state index contributed by atoms with van der Waals surface area (Å²) in [7, 11) is 0. The molecule has 1 N–H and O–H groups in total. The topological polar surface area (TPSA) is 32.3 Å². The molecular weight excluding hydrogens is 284 g/mol. The Hall–Kier alpha value is -1.06. The molecule has 0 saturated carbocycles. The quantitative estimate of drug-likeness (QED) is 0.816. The number of piperidine rings is 1. The van der Waals surface area contributed by atoms with Gasteiger partial charge in [-0.15, -0.1) is 0 Å². The Kier molecular flexibility index (Phi) is 6.52. The first kappa shape index (κ1) is 16.3. The van der Waals surface area contributed by atoms with Crippen LogP contribution < -0.4 is 5.32 Å². The first-order valence-corrected chi connectivity index (χ1v) is 8.31. The van der Waals surface area contributed by atoms with Crippen LogP contribution in [0.3, 0.4) is 0 Å². The van der Waals surface area contributed by atoms with Crippen molar-refractivity contribution in [3.05, 3.63) is 34.9 Å². The molecule has 0 atom stereocenters. The molecule has 21 heavy (non-hydrogen) atoms. The highest BCUT2D eigenvalue weighted by Crippen LogP contribution is 2.20. The molecule has 0 radical (unpaired) electrons. The zero-order valence-corrected chi connectivity index (χ0v) is 13.5. The second kappa shape index (κ2) is 8.40. The van der Waals surface area contributed by atoms with Gasteiger partial charge in [-0.2, -0.15) is 0 Å². The standard InChI is InChI=1S/C17H25ClN2O/c1-2-3-9-19-17(21)15-7-10-20(11-8-15)13-14-5-4-6-16(18)12-14/h4-6,12,15H,2-3,7-11,13H2,1H3,(H,19,21). The lowest BCUT2D eigenvalue weighted by molar-refractivity contribution is -0.126. The van der Waals surface area contributed by atoms with E-state index in [4.69, 9.17) is 11.6 Å². The van der Waals surface area contributed by atoms with Crippen molar-refractivity contribution in [3.63, 3.8) is 0 Å². The van der Waals surface area contributed by atoms with Gasteiger partial charge in [0.25, 0.3) is 0 Å². The molecule has 1 aliphatic rings. The number of hydrogen-bond acceptors (Lipinski definition) is 2. The van der Waals surface area contributed by atoms with E-state index in [-0.39, 0.29) is 11.8 Å². The van der Waals surface area contributed by atoms with Crippen molar-refractivity contribution in [2.75, 3.05) is 19.6 Å². The Labute approximate surface area is 132 Å². The first-order chi connectivity index (χ1) is 10.2. The van der Waals surface area contributed by atoms with E-state index in [2.05, 4.69) is 23.2 Å². The summed E-state index contributed by atoms with van der Waals surface area (Å²) in [6, 6.07) is 8.02. The third-order valence-electron chi connectivity index (χ3n) is 4.08. The summed E-state index contributed by atoms with van der Waals surface area (Å²) in [4.78, 5) is 14.4. The SMILES string of the molecule is CCCCNC(=O)C1CCN(Cc2cccc(Cl)c2)CC1. The molecule has 0 unspecified atom stereocenters. The van der Waals surface area contributed by atoms with Crippen molar-refractivity contribution in [3.8, 4) is 0 Å². The van der Waals surface area contributed by atoms with Crippen LogP contribution in [0.1, 0.15) is 38.2 Å². The monoisotopic (exact) mass is 308 g/mol. The maximum atomic E-state index is 12.0. The van der Waals surface area contributed by atoms with Crippen molar-refractivity contribution in [1.82, 2.24) is 10.2 Å². The minimum atomic E-state index is 0.192. The van der Waals surface area contributed by atoms with Crippen LogP contribution in [0.5, 0.6) is 0 Å². The molecule has 1 saturated heterocycles. The van der Waals surface area contributed by atoms with Crippen LogP contribution in [0.4, 0.5) is 0 Å². The largest absolute Gasteiger partial charge is 0.356 e. The molecule has 1 fully saturated rings. The van der Waals surface area contributed by atoms with Crippen molar-refractivity contribution < 1.29 is 4.79 Å². The van der Waals surface area contributed by atoms with Crippen LogP contribution in [-0.2, 0) is 11.3 Å². The van der Waals surface area contributed by atoms with E-state index in [1.165, 1.54) is 5.56 Å². The van der Waals surface area contributed by atoms with Gasteiger partial charge in [0.1, 0.15) is 0 Å². The van der Waals surface area contributed by atoms with Gasteiger partial charge in [-0.05, 0) is 50.0 Å². The molecule has 0 spiro atoms. The smallest absolute Gasteiger partial charge is 0.223 e. The molecule has 0 bridgehead atoms. The number of carbonyl (C=O) groups is 1. The number of likely N-dealkylation sites (tertiary alicyclic amines) is 1. The lowest BCUT2D eigenvalue weighted by Gasteiger charge is -2.31. The zero-order valence-electron chi connectivity index (χ0n) is 12.8. The van der Waals surface area contributed by atoms with E-state index in [1.807, 2.05) is 18.2 Å². The second-order valence-corrected chi connectivity index (χ2v) is 6.26. The average Bonchev–Trinajstić information content (AvgIpc) is 2.48. The van der Waals surface area contributed by atoms with Gasteiger partial charge in [0.05, 0.1) is 0 Å². The molecular formula is C17H25ClN2O. The van der Waals surface area contributed by atoms with Crippen molar-refractivity contribution in [2.45, 2.75) is 39.2 Å². The molecule has 4 heteroatoms. The predicted molar refractivity (Wildman–Crippen MR) is 87.4 cm³/mol. The summed E-state index contributed by atoms with van der Waals surface area (Å²) in [5.41, 5.74) is 1.24. The van der Waals surface area contributed by atoms with E-state index in [0.717, 1.165) is 56.9 Å². The highest BCUT2D eigenvalue weighted by Gasteiger charge is 2.24. The van der Waals surface area contributed by atoms with Crippen LogP contribution >= 0.6 is 11.6 Å². The lowest BCUT2D eigenvalue weighted by Crippen LogP contribution is -2.40. The summed E-state index contributed by atoms with van der Waals surface area (Å²) in [5, 5.41) is 3.84. The van der Waals surface area contributed by atoms with Crippen molar-refractivity contribution in [2.24, 2.45) is 5.92 Å². The lowest BCUT2D eigenvalue weighted by atomic mass is 9.95. The number of hydrogen-bond donors (Lipinski definition) is 1. The molecule has 2 rings (SSSR count). The summed E-state index contributed by atoms with van der Waals surface area (Å²) in [6.45, 7) is 5.85. The molecule has 3 nitrogen and oxygen atoms in total. The molecule has 1 aromatic rings. The Morgan fingerprint density at radius 3 is 2.81 bits per heavy atom. The average molecular weight is 309 g/mol. The van der Waals surface area contributed by atoms with Gasteiger partial charge in [0.2, 0.25) is 5.91 Å². The molecule has 1 amide bonds. The number of amides is 1. The molecule has 1 heterocycles. The summed E-state index contributed by atoms with van der Waals surface area (Å²) in [6.07, 6.45) is 4.11. The third kappa shape index (κ3) is 5.33. The number of nitrogens with zero attached hydrogens (tertiary/aromatic N) is 1. The number of rotatable bonds is 6. The number of halogens is 1. The van der Waals surface area contributed by atoms with Gasteiger partial charge in [-0.25, -0.2) is 0 Å². The van der Waals surface area contributed by atoms with E-state index < -0.39 is 0 Å². The van der Waals surface area contributed by atoms with Gasteiger partial charge in [-0.3, -0.25) is 9.69 Å². The Morgan fingerprint density at radius 2 is 2.14 bits per heavy atom. The Balaban J connectivity index is 1.74. The summed E-state index contributed by atoms with van der Waals surface area (Å²) < 4.78 is 0. The molecule has 0 aliphatic carbocycles. The fraction of sp³-hybridized carbons (Fsp3) is 0.588. The summed E-state index contributed by atoms with van der Waals surface area (Å²) in [5.74, 6) is 0.434. The van der Waals surface area contributed by atoms with Crippen LogP contribution in [0.15, 0.2) is 24.3 Å². The molecule has 1 aliphatic heterocycles. The Bertz CT molecular complexity index is 456. The molecule has 1 aromatic carbocycles. The normalized spacial score (nSPS) is 16.9. The van der Waals surface area contributed by atoms with Crippen LogP contribution in [-0.4, -0.2) is 30.4 Å². The fourth-order valence-electron chi connectivity index (χ4n) is 2.78. The fourth-order valence-corrected chi connectivity index (χ4v) is 2.99. The van der Waals surface area contributed by atoms with Gasteiger partial charge in [0, 0.05) is 24.0 Å². The highest BCUT2D eigenvalue weighted by atomic mass is 35.5. The first-order valence-electron chi connectivity index (χ1n) is 7.93. The van der Waals surface area contributed by atoms with Crippen LogP contribution in [0.2, 0.25) is 5.02 Å². The second-order valence-electron chi connectivity index (χ2n) is 5.82. The maximum Gasteiger partial charge on any atom is 0.223 e. The van der Waals surface area contributed by atoms with Crippen LogP contribution in [0, 0.1) is 5.92 Å². The van der Waals surface area contributed by atoms with E-state index >= 15 is 0 Å². The van der Waals surface area contributed by atoms with Crippen molar-refractivity contribution in [1.29, 1.82) is 0 Å². The maximum absolute atomic E-state index is 12.0. The minimum Gasteiger partial charge on any atom is -0.356 e. The highest BCUT2D eigenvalue weighted by molar-refractivity contribution is 6.30. The van der Waals surface area contributed by atoms with Crippen LogP contribution in [0.25, 0.3) is 0 Å². The van der Waals surface area contributed by atoms with E-state index in [1.54, 1.807) is 0 Å². The number of benzene rings is 1. The van der Waals surface area contributed by atoms with Gasteiger partial charge in [0.15, 0.2) is 0 Å². The van der Waals surface area contributed by atoms with E-state index in [0.29, 0.717) is 0 Å². The minimum absolute atomic E-state index is 0.192. The van der Waals surface area contributed by atoms with E-state index in [9.17, 15) is 4.79 Å². The van der Waals surface area contributed by atoms with Gasteiger partial charge >= 0.3 is 0 Å². The number of unbranched alkanes of at least 4 members (excludes halogenated alkanes) is 1. The zero-order chi connectivity index (χ0) is 15.1. The Morgan fingerprint density at radius 1 is 1.38 bits per heavy atom.